The molecular formula is C11H14ClN5O2. The van der Waals surface area contributed by atoms with Crippen molar-refractivity contribution in [2.45, 2.75) is 6.92 Å². The van der Waals surface area contributed by atoms with Gasteiger partial charge in [-0.1, -0.05) is 11.6 Å². The minimum atomic E-state index is -0.498. The van der Waals surface area contributed by atoms with Crippen molar-refractivity contribution >= 4 is 35.2 Å². The Kier molecular flexibility index (Phi) is 5.13. The van der Waals surface area contributed by atoms with Crippen LogP contribution >= 0.6 is 11.6 Å². The average molecular weight is 284 g/mol. The molecule has 0 amide bonds. The number of halogens is 1. The van der Waals surface area contributed by atoms with Crippen molar-refractivity contribution in [3.8, 4) is 0 Å². The van der Waals surface area contributed by atoms with Crippen LogP contribution in [0.1, 0.15) is 17.3 Å². The fourth-order valence-corrected chi connectivity index (χ4v) is 1.49. The monoisotopic (exact) mass is 283 g/mol. The fraction of sp³-hybridized carbons (Fsp3) is 0.182. The molecule has 8 heteroatoms. The molecule has 0 bridgehead atoms. The third kappa shape index (κ3) is 4.84. The summed E-state index contributed by atoms with van der Waals surface area (Å²) in [6, 6.07) is 4.45. The molecule has 7 nitrogen and oxygen atoms in total. The molecule has 0 aliphatic rings. The van der Waals surface area contributed by atoms with Crippen molar-refractivity contribution < 1.29 is 9.53 Å². The van der Waals surface area contributed by atoms with E-state index >= 15 is 0 Å². The maximum atomic E-state index is 11.6. The Morgan fingerprint density at radius 3 is 2.58 bits per heavy atom. The van der Waals surface area contributed by atoms with Crippen LogP contribution in [0.4, 0.5) is 5.69 Å². The summed E-state index contributed by atoms with van der Waals surface area (Å²) < 4.78 is 4.86. The number of hydrogen-bond acceptors (Lipinski definition) is 3. The summed E-state index contributed by atoms with van der Waals surface area (Å²) in [5, 5.41) is 0.321. The lowest BCUT2D eigenvalue weighted by atomic mass is 10.2. The third-order valence-electron chi connectivity index (χ3n) is 1.88. The molecule has 1 aromatic rings. The highest BCUT2D eigenvalue weighted by Gasteiger charge is 2.09. The molecule has 102 valence electrons. The standard InChI is InChI=1S/C11H14ClN5O2/c1-2-19-9(18)6-3-7(12)5-8(4-6)16-11(15)17-10(13)14/h3-5H,2H2,1H3,(H6,13,14,15,16,17). The van der Waals surface area contributed by atoms with Gasteiger partial charge >= 0.3 is 5.97 Å². The molecule has 0 heterocycles. The van der Waals surface area contributed by atoms with Crippen molar-refractivity contribution in [1.29, 1.82) is 0 Å². The first-order valence-electron chi connectivity index (χ1n) is 5.34. The number of guanidine groups is 2. The molecule has 19 heavy (non-hydrogen) atoms. The van der Waals surface area contributed by atoms with Crippen LogP contribution in [0.3, 0.4) is 0 Å². The minimum Gasteiger partial charge on any atom is -0.462 e. The van der Waals surface area contributed by atoms with E-state index in [1.807, 2.05) is 0 Å². The van der Waals surface area contributed by atoms with Gasteiger partial charge in [-0.05, 0) is 25.1 Å². The van der Waals surface area contributed by atoms with Gasteiger partial charge in [0, 0.05) is 5.02 Å². The Labute approximate surface area is 115 Å². The number of aliphatic imine (C=N–C) groups is 2. The summed E-state index contributed by atoms with van der Waals surface area (Å²) in [5.74, 6) is -0.854. The number of esters is 1. The first-order chi connectivity index (χ1) is 8.92. The number of nitrogens with two attached hydrogens (primary N) is 3. The Balaban J connectivity index is 3.10. The highest BCUT2D eigenvalue weighted by atomic mass is 35.5. The minimum absolute atomic E-state index is 0.142. The predicted octanol–water partition coefficient (Wildman–Crippen LogP) is 0.736. The van der Waals surface area contributed by atoms with E-state index in [0.717, 1.165) is 0 Å². The summed E-state index contributed by atoms with van der Waals surface area (Å²) >= 11 is 5.88. The van der Waals surface area contributed by atoms with E-state index in [9.17, 15) is 4.79 Å². The molecule has 1 aromatic carbocycles. The molecule has 0 atom stereocenters. The van der Waals surface area contributed by atoms with Gasteiger partial charge in [0.1, 0.15) is 0 Å². The van der Waals surface area contributed by atoms with E-state index in [1.165, 1.54) is 18.2 Å². The topological polar surface area (TPSA) is 129 Å². The van der Waals surface area contributed by atoms with Gasteiger partial charge in [-0.2, -0.15) is 4.99 Å². The first kappa shape index (κ1) is 14.8. The maximum absolute atomic E-state index is 11.6. The predicted molar refractivity (Wildman–Crippen MR) is 74.5 cm³/mol. The van der Waals surface area contributed by atoms with Crippen molar-refractivity contribution in [3.63, 3.8) is 0 Å². The van der Waals surface area contributed by atoms with Crippen LogP contribution in [0.5, 0.6) is 0 Å². The molecule has 1 rings (SSSR count). The van der Waals surface area contributed by atoms with Gasteiger partial charge in [-0.15, -0.1) is 0 Å². The van der Waals surface area contributed by atoms with Crippen LogP contribution < -0.4 is 17.2 Å². The van der Waals surface area contributed by atoms with Crippen molar-refractivity contribution in [2.75, 3.05) is 6.61 Å². The lowest BCUT2D eigenvalue weighted by Crippen LogP contribution is -2.26. The Bertz CT molecular complexity index is 538. The van der Waals surface area contributed by atoms with E-state index in [1.54, 1.807) is 6.92 Å². The van der Waals surface area contributed by atoms with Gasteiger partial charge in [0.25, 0.3) is 0 Å². The van der Waals surface area contributed by atoms with Crippen LogP contribution in [0.25, 0.3) is 0 Å². The van der Waals surface area contributed by atoms with Gasteiger partial charge in [0.05, 0.1) is 17.9 Å². The van der Waals surface area contributed by atoms with Gasteiger partial charge in [-0.3, -0.25) is 0 Å². The summed E-state index contributed by atoms with van der Waals surface area (Å²) in [6.07, 6.45) is 0. The molecule has 0 radical (unpaired) electrons. The van der Waals surface area contributed by atoms with E-state index in [2.05, 4.69) is 9.98 Å². The number of nitrogens with zero attached hydrogens (tertiary/aromatic N) is 2. The zero-order valence-electron chi connectivity index (χ0n) is 10.3. The number of ether oxygens (including phenoxy) is 1. The third-order valence-corrected chi connectivity index (χ3v) is 2.10. The van der Waals surface area contributed by atoms with Crippen LogP contribution in [-0.4, -0.2) is 24.5 Å². The molecule has 6 N–H and O–H groups in total. The van der Waals surface area contributed by atoms with Crippen LogP contribution in [0.2, 0.25) is 5.02 Å². The number of carbonyl (C=O) groups is 1. The highest BCUT2D eigenvalue weighted by molar-refractivity contribution is 6.31. The second kappa shape index (κ2) is 6.60. The molecule has 0 saturated carbocycles. The largest absolute Gasteiger partial charge is 0.462 e. The summed E-state index contributed by atoms with van der Waals surface area (Å²) in [5.41, 5.74) is 16.4. The molecule has 0 aliphatic carbocycles. The summed E-state index contributed by atoms with van der Waals surface area (Å²) in [7, 11) is 0. The smallest absolute Gasteiger partial charge is 0.338 e. The van der Waals surface area contributed by atoms with Gasteiger partial charge in [0.2, 0.25) is 5.96 Å². The molecule has 0 saturated heterocycles. The van der Waals surface area contributed by atoms with Crippen LogP contribution in [-0.2, 0) is 4.74 Å². The lowest BCUT2D eigenvalue weighted by Gasteiger charge is -2.04. The molecular weight excluding hydrogens is 270 g/mol. The van der Waals surface area contributed by atoms with Crippen molar-refractivity contribution in [2.24, 2.45) is 27.2 Å². The normalized spacial score (nSPS) is 10.9. The molecule has 0 aliphatic heterocycles. The SMILES string of the molecule is CCOC(=O)c1cc(Cl)cc(N=C(N)N=C(N)N)c1. The second-order valence-corrected chi connectivity index (χ2v) is 3.86. The Morgan fingerprint density at radius 1 is 1.32 bits per heavy atom. The maximum Gasteiger partial charge on any atom is 0.338 e. The highest BCUT2D eigenvalue weighted by Crippen LogP contribution is 2.22. The molecule has 0 fully saturated rings. The van der Waals surface area contributed by atoms with E-state index in [0.29, 0.717) is 10.7 Å². The molecule has 0 spiro atoms. The summed E-state index contributed by atoms with van der Waals surface area (Å²) in [4.78, 5) is 19.1. The lowest BCUT2D eigenvalue weighted by molar-refractivity contribution is 0.0526. The van der Waals surface area contributed by atoms with Gasteiger partial charge in [0.15, 0.2) is 5.96 Å². The van der Waals surface area contributed by atoms with Crippen molar-refractivity contribution in [1.82, 2.24) is 0 Å². The Hall–Kier alpha value is -2.28. The van der Waals surface area contributed by atoms with Crippen LogP contribution in [0, 0.1) is 0 Å². The molecule has 0 unspecified atom stereocenters. The van der Waals surface area contributed by atoms with E-state index in [-0.39, 0.29) is 24.1 Å². The van der Waals surface area contributed by atoms with Gasteiger partial charge < -0.3 is 21.9 Å². The second-order valence-electron chi connectivity index (χ2n) is 3.43. The number of rotatable bonds is 3. The van der Waals surface area contributed by atoms with Gasteiger partial charge in [-0.25, -0.2) is 9.79 Å². The summed E-state index contributed by atoms with van der Waals surface area (Å²) in [6.45, 7) is 1.97. The van der Waals surface area contributed by atoms with E-state index in [4.69, 9.17) is 33.5 Å². The zero-order valence-corrected chi connectivity index (χ0v) is 11.0. The number of hydrogen-bond donors (Lipinski definition) is 3. The number of carbonyl (C=O) groups excluding carboxylic acids is 1. The van der Waals surface area contributed by atoms with E-state index < -0.39 is 5.97 Å². The zero-order chi connectivity index (χ0) is 14.4. The average Bonchev–Trinajstić information content (AvgIpc) is 2.27. The van der Waals surface area contributed by atoms with Crippen LogP contribution in [0.15, 0.2) is 28.2 Å². The first-order valence-corrected chi connectivity index (χ1v) is 5.71. The Morgan fingerprint density at radius 2 is 2.00 bits per heavy atom. The molecule has 0 aromatic heterocycles. The fourth-order valence-electron chi connectivity index (χ4n) is 1.26. The van der Waals surface area contributed by atoms with Crippen molar-refractivity contribution in [3.05, 3.63) is 28.8 Å². The number of benzene rings is 1. The quantitative estimate of drug-likeness (QED) is 0.428.